The van der Waals surface area contributed by atoms with Crippen molar-refractivity contribution < 1.29 is 34.1 Å². The number of aliphatic carboxylic acids is 2. The summed E-state index contributed by atoms with van der Waals surface area (Å²) in [7, 11) is 1.33. The van der Waals surface area contributed by atoms with Gasteiger partial charge in [0.05, 0.1) is 19.2 Å². The first-order chi connectivity index (χ1) is 13.3. The molecule has 0 bridgehead atoms. The summed E-state index contributed by atoms with van der Waals surface area (Å²) in [6.07, 6.45) is 3.42. The molecule has 0 saturated carbocycles. The van der Waals surface area contributed by atoms with Crippen LogP contribution < -0.4 is 10.6 Å². The van der Waals surface area contributed by atoms with E-state index in [4.69, 9.17) is 19.8 Å². The Bertz CT molecular complexity index is 796. The number of carbonyl (C=O) groups excluding carboxylic acids is 2. The van der Waals surface area contributed by atoms with E-state index in [1.54, 1.807) is 36.7 Å². The minimum absolute atomic E-state index is 0.153. The van der Waals surface area contributed by atoms with Crippen molar-refractivity contribution in [1.29, 1.82) is 0 Å². The van der Waals surface area contributed by atoms with Crippen molar-refractivity contribution in [3.8, 4) is 0 Å². The van der Waals surface area contributed by atoms with E-state index in [1.165, 1.54) is 7.11 Å². The molecule has 10 nitrogen and oxygen atoms in total. The molecule has 1 heterocycles. The monoisotopic (exact) mass is 389 g/mol. The van der Waals surface area contributed by atoms with Crippen LogP contribution in [0.15, 0.2) is 48.8 Å². The van der Waals surface area contributed by atoms with Gasteiger partial charge in [-0.2, -0.15) is 0 Å². The van der Waals surface area contributed by atoms with Crippen LogP contribution in [0.5, 0.6) is 0 Å². The highest BCUT2D eigenvalue weighted by Crippen LogP contribution is 2.10. The molecule has 0 saturated heterocycles. The van der Waals surface area contributed by atoms with Crippen LogP contribution in [0.1, 0.15) is 15.9 Å². The average molecular weight is 389 g/mol. The zero-order valence-corrected chi connectivity index (χ0v) is 14.9. The predicted octanol–water partition coefficient (Wildman–Crippen LogP) is 0.752. The summed E-state index contributed by atoms with van der Waals surface area (Å²) in [5, 5.41) is 20.6. The number of amides is 1. The van der Waals surface area contributed by atoms with Gasteiger partial charge in [-0.3, -0.25) is 9.78 Å². The molecule has 2 aromatic rings. The minimum atomic E-state index is -1.82. The molecule has 2 rings (SSSR count). The quantitative estimate of drug-likeness (QED) is 0.414. The minimum Gasteiger partial charge on any atom is -0.473 e. The molecule has 0 atom stereocenters. The fourth-order valence-corrected chi connectivity index (χ4v) is 1.83. The molecule has 0 aliphatic carbocycles. The lowest BCUT2D eigenvalue weighted by atomic mass is 10.2. The maximum Gasteiger partial charge on any atom is 0.414 e. The molecule has 4 N–H and O–H groups in total. The van der Waals surface area contributed by atoms with Gasteiger partial charge in [-0.05, 0) is 42.0 Å². The van der Waals surface area contributed by atoms with E-state index in [9.17, 15) is 9.59 Å². The molecule has 0 spiro atoms. The first-order valence-electron chi connectivity index (χ1n) is 7.87. The second-order valence-electron chi connectivity index (χ2n) is 5.19. The Morgan fingerprint density at radius 3 is 2.04 bits per heavy atom. The third-order valence-electron chi connectivity index (χ3n) is 3.14. The van der Waals surface area contributed by atoms with E-state index in [1.807, 2.05) is 12.1 Å². The zero-order valence-electron chi connectivity index (χ0n) is 14.9. The molecule has 148 valence electrons. The van der Waals surface area contributed by atoms with E-state index < -0.39 is 17.9 Å². The van der Waals surface area contributed by atoms with Gasteiger partial charge < -0.3 is 25.6 Å². The van der Waals surface area contributed by atoms with Crippen LogP contribution in [0.2, 0.25) is 0 Å². The average Bonchev–Trinajstić information content (AvgIpc) is 2.69. The van der Waals surface area contributed by atoms with Gasteiger partial charge >= 0.3 is 17.9 Å². The Morgan fingerprint density at radius 1 is 0.964 bits per heavy atom. The van der Waals surface area contributed by atoms with Gasteiger partial charge in [0.25, 0.3) is 0 Å². The Morgan fingerprint density at radius 2 is 1.54 bits per heavy atom. The summed E-state index contributed by atoms with van der Waals surface area (Å²) >= 11 is 0. The summed E-state index contributed by atoms with van der Waals surface area (Å²) in [6.45, 7) is 0.790. The molecule has 1 aromatic carbocycles. The van der Waals surface area contributed by atoms with Gasteiger partial charge in [-0.15, -0.1) is 0 Å². The number of aromatic nitrogens is 1. The highest BCUT2D eigenvalue weighted by atomic mass is 16.5. The fraction of sp³-hybridized carbons (Fsp3) is 0.167. The van der Waals surface area contributed by atoms with Crippen molar-refractivity contribution in [1.82, 2.24) is 10.3 Å². The third kappa shape index (κ3) is 8.54. The zero-order chi connectivity index (χ0) is 20.9. The summed E-state index contributed by atoms with van der Waals surface area (Å²) in [5.41, 5.74) is 2.13. The third-order valence-corrected chi connectivity index (χ3v) is 3.14. The van der Waals surface area contributed by atoms with E-state index in [-0.39, 0.29) is 12.5 Å². The summed E-state index contributed by atoms with van der Waals surface area (Å²) in [6, 6.07) is 10.3. The van der Waals surface area contributed by atoms with Crippen LogP contribution in [0.25, 0.3) is 0 Å². The molecule has 0 fully saturated rings. The van der Waals surface area contributed by atoms with Crippen molar-refractivity contribution in [2.24, 2.45) is 0 Å². The maximum absolute atomic E-state index is 11.8. The van der Waals surface area contributed by atoms with Gasteiger partial charge in [0.2, 0.25) is 5.91 Å². The number of hydrogen-bond donors (Lipinski definition) is 4. The Kier molecular flexibility index (Phi) is 9.34. The van der Waals surface area contributed by atoms with Crippen LogP contribution in [-0.4, -0.2) is 52.7 Å². The van der Waals surface area contributed by atoms with E-state index in [0.717, 1.165) is 5.56 Å². The Labute approximate surface area is 160 Å². The lowest BCUT2D eigenvalue weighted by molar-refractivity contribution is -0.159. The second kappa shape index (κ2) is 11.8. The Hall–Kier alpha value is -3.79. The lowest BCUT2D eigenvalue weighted by Gasteiger charge is -2.07. The summed E-state index contributed by atoms with van der Waals surface area (Å²) in [4.78, 5) is 45.2. The molecule has 0 unspecified atom stereocenters. The lowest BCUT2D eigenvalue weighted by Crippen LogP contribution is -2.27. The van der Waals surface area contributed by atoms with Gasteiger partial charge in [0, 0.05) is 24.6 Å². The van der Waals surface area contributed by atoms with Gasteiger partial charge in [-0.1, -0.05) is 0 Å². The number of anilines is 1. The molecule has 0 radical (unpaired) electrons. The number of carboxylic acid groups (broad SMARTS) is 2. The number of nitrogens with zero attached hydrogens (tertiary/aromatic N) is 1. The van der Waals surface area contributed by atoms with Gasteiger partial charge in [0.1, 0.15) is 0 Å². The summed E-state index contributed by atoms with van der Waals surface area (Å²) < 4.78 is 4.61. The van der Waals surface area contributed by atoms with Crippen molar-refractivity contribution in [3.63, 3.8) is 0 Å². The molecule has 0 aliphatic rings. The highest BCUT2D eigenvalue weighted by molar-refractivity contribution is 6.27. The fourth-order valence-electron chi connectivity index (χ4n) is 1.83. The molecule has 0 aliphatic heterocycles. The van der Waals surface area contributed by atoms with E-state index in [2.05, 4.69) is 20.4 Å². The van der Waals surface area contributed by atoms with Crippen LogP contribution in [0.4, 0.5) is 5.69 Å². The number of rotatable bonds is 6. The number of benzene rings is 1. The van der Waals surface area contributed by atoms with Crippen molar-refractivity contribution in [3.05, 3.63) is 59.9 Å². The van der Waals surface area contributed by atoms with Gasteiger partial charge in [0.15, 0.2) is 0 Å². The number of carboxylic acids is 2. The van der Waals surface area contributed by atoms with Gasteiger partial charge in [-0.25, -0.2) is 14.4 Å². The van der Waals surface area contributed by atoms with Crippen LogP contribution >= 0.6 is 0 Å². The first kappa shape index (κ1) is 22.3. The smallest absolute Gasteiger partial charge is 0.414 e. The SMILES string of the molecule is COC(=O)c1ccc(NC(=O)CNCc2ccncc2)cc1.O=C(O)C(=O)O. The summed E-state index contributed by atoms with van der Waals surface area (Å²) in [5.74, 6) is -4.21. The number of ether oxygens (including phenoxy) is 1. The number of hydrogen-bond acceptors (Lipinski definition) is 7. The van der Waals surface area contributed by atoms with Crippen molar-refractivity contribution in [2.45, 2.75) is 6.54 Å². The topological polar surface area (TPSA) is 155 Å². The van der Waals surface area contributed by atoms with E-state index >= 15 is 0 Å². The van der Waals surface area contributed by atoms with Crippen LogP contribution in [-0.2, 0) is 25.7 Å². The second-order valence-corrected chi connectivity index (χ2v) is 5.19. The molecule has 1 aromatic heterocycles. The van der Waals surface area contributed by atoms with Crippen molar-refractivity contribution in [2.75, 3.05) is 19.0 Å². The molecule has 28 heavy (non-hydrogen) atoms. The number of carbonyl (C=O) groups is 4. The largest absolute Gasteiger partial charge is 0.473 e. The first-order valence-corrected chi connectivity index (χ1v) is 7.87. The van der Waals surface area contributed by atoms with Crippen molar-refractivity contribution >= 4 is 29.5 Å². The molecular formula is C18H19N3O7. The Balaban J connectivity index is 0.000000568. The molecule has 10 heteroatoms. The number of methoxy groups -OCH3 is 1. The maximum atomic E-state index is 11.8. The van der Waals surface area contributed by atoms with Crippen LogP contribution in [0.3, 0.4) is 0 Å². The number of nitrogens with one attached hydrogen (secondary N) is 2. The molecule has 1 amide bonds. The highest BCUT2D eigenvalue weighted by Gasteiger charge is 2.06. The van der Waals surface area contributed by atoms with Crippen LogP contribution in [0, 0.1) is 0 Å². The normalized spacial score (nSPS) is 9.46. The van der Waals surface area contributed by atoms with E-state index in [0.29, 0.717) is 17.8 Å². The molecular weight excluding hydrogens is 370 g/mol. The number of pyridine rings is 1. The predicted molar refractivity (Wildman–Crippen MR) is 97.6 cm³/mol. The standard InChI is InChI=1S/C16H17N3O3.C2H2O4/c1-22-16(21)13-2-4-14(5-3-13)19-15(20)11-18-10-12-6-8-17-9-7-12;3-1(4)2(5)6/h2-9,18H,10-11H2,1H3,(H,19,20);(H,3,4)(H,5,6). The number of esters is 1.